The van der Waals surface area contributed by atoms with Crippen LogP contribution in [0.3, 0.4) is 0 Å². The van der Waals surface area contributed by atoms with Crippen molar-refractivity contribution in [1.82, 2.24) is 4.98 Å². The van der Waals surface area contributed by atoms with Crippen molar-refractivity contribution in [3.8, 4) is 0 Å². The van der Waals surface area contributed by atoms with E-state index in [0.29, 0.717) is 3.92 Å². The number of carboxylic acids is 1. The predicted octanol–water partition coefficient (Wildman–Crippen LogP) is 2.91. The van der Waals surface area contributed by atoms with Gasteiger partial charge in [-0.1, -0.05) is 35.5 Å². The lowest BCUT2D eigenvalue weighted by Gasteiger charge is -2.01. The molecule has 2 rings (SSSR count). The summed E-state index contributed by atoms with van der Waals surface area (Å²) in [6.07, 6.45) is 0. The van der Waals surface area contributed by atoms with Gasteiger partial charge in [-0.3, -0.25) is 0 Å². The molecule has 0 aliphatic heterocycles. The number of oxime groups is 1. The zero-order valence-electron chi connectivity index (χ0n) is 9.62. The van der Waals surface area contributed by atoms with Gasteiger partial charge in [0.2, 0.25) is 5.71 Å². The first kappa shape index (κ1) is 13.7. The molecule has 5 nitrogen and oxygen atoms in total. The molecule has 1 aromatic carbocycles. The Morgan fingerprint density at radius 2 is 2.16 bits per heavy atom. The summed E-state index contributed by atoms with van der Waals surface area (Å²) < 4.78 is 0.597. The van der Waals surface area contributed by atoms with Crippen molar-refractivity contribution in [2.45, 2.75) is 6.61 Å². The Morgan fingerprint density at radius 3 is 2.74 bits per heavy atom. The molecule has 0 atom stereocenters. The van der Waals surface area contributed by atoms with Crippen LogP contribution in [0.1, 0.15) is 11.3 Å². The van der Waals surface area contributed by atoms with Gasteiger partial charge in [0, 0.05) is 5.38 Å². The molecule has 19 heavy (non-hydrogen) atoms. The van der Waals surface area contributed by atoms with Crippen LogP contribution in [0, 0.1) is 0 Å². The van der Waals surface area contributed by atoms with Gasteiger partial charge in [0.25, 0.3) is 0 Å². The van der Waals surface area contributed by atoms with E-state index in [-0.39, 0.29) is 18.0 Å². The summed E-state index contributed by atoms with van der Waals surface area (Å²) in [6.45, 7) is 0.211. The van der Waals surface area contributed by atoms with Crippen LogP contribution < -0.4 is 0 Å². The number of aromatic nitrogens is 1. The van der Waals surface area contributed by atoms with Crippen LogP contribution in [-0.2, 0) is 16.2 Å². The lowest BCUT2D eigenvalue weighted by molar-refractivity contribution is -0.129. The summed E-state index contributed by atoms with van der Waals surface area (Å²) in [5.74, 6) is -1.18. The van der Waals surface area contributed by atoms with Crippen molar-refractivity contribution in [3.63, 3.8) is 0 Å². The Balaban J connectivity index is 2.08. The minimum Gasteiger partial charge on any atom is -0.476 e. The number of benzene rings is 1. The molecule has 0 aliphatic carbocycles. The third-order valence-corrected chi connectivity index (χ3v) is 3.52. The molecule has 0 saturated heterocycles. The van der Waals surface area contributed by atoms with Gasteiger partial charge in [-0.15, -0.1) is 11.3 Å². The lowest BCUT2D eigenvalue weighted by atomic mass is 10.2. The van der Waals surface area contributed by atoms with Crippen LogP contribution in [0.15, 0.2) is 44.8 Å². The predicted molar refractivity (Wildman–Crippen MR) is 75.2 cm³/mol. The third kappa shape index (κ3) is 3.87. The zero-order valence-corrected chi connectivity index (χ0v) is 12.0. The standard InChI is InChI=1S/C12H9BrN2O3S/c13-12-14-9(7-19-12)10(11(16)17)15-18-6-8-4-2-1-3-5-8/h1-5,7H,6H2,(H,16,17)/b15-10-. The van der Waals surface area contributed by atoms with Gasteiger partial charge in [-0.25, -0.2) is 9.78 Å². The van der Waals surface area contributed by atoms with E-state index >= 15 is 0 Å². The summed E-state index contributed by atoms with van der Waals surface area (Å²) >= 11 is 4.46. The topological polar surface area (TPSA) is 71.8 Å². The molecular weight excluding hydrogens is 332 g/mol. The maximum absolute atomic E-state index is 11.1. The molecule has 0 aliphatic rings. The van der Waals surface area contributed by atoms with Crippen molar-refractivity contribution in [3.05, 3.63) is 50.9 Å². The van der Waals surface area contributed by atoms with E-state index in [1.165, 1.54) is 11.3 Å². The van der Waals surface area contributed by atoms with E-state index in [9.17, 15) is 4.79 Å². The van der Waals surface area contributed by atoms with E-state index in [1.807, 2.05) is 30.3 Å². The monoisotopic (exact) mass is 340 g/mol. The van der Waals surface area contributed by atoms with Gasteiger partial charge in [0.15, 0.2) is 3.92 Å². The lowest BCUT2D eigenvalue weighted by Crippen LogP contribution is -2.15. The minimum absolute atomic E-state index is 0.210. The van der Waals surface area contributed by atoms with Gasteiger partial charge in [0.1, 0.15) is 12.3 Å². The van der Waals surface area contributed by atoms with Crippen LogP contribution in [0.4, 0.5) is 0 Å². The minimum atomic E-state index is -1.18. The van der Waals surface area contributed by atoms with Crippen LogP contribution in [0.25, 0.3) is 0 Å². The van der Waals surface area contributed by atoms with Crippen molar-refractivity contribution in [1.29, 1.82) is 0 Å². The highest BCUT2D eigenvalue weighted by Crippen LogP contribution is 2.16. The number of rotatable bonds is 5. The van der Waals surface area contributed by atoms with E-state index < -0.39 is 5.97 Å². The van der Waals surface area contributed by atoms with Crippen LogP contribution in [-0.4, -0.2) is 21.8 Å². The quantitative estimate of drug-likeness (QED) is 0.670. The second-order valence-corrected chi connectivity index (χ2v) is 5.62. The van der Waals surface area contributed by atoms with Gasteiger partial charge < -0.3 is 9.94 Å². The summed E-state index contributed by atoms with van der Waals surface area (Å²) in [5.41, 5.74) is 0.978. The fourth-order valence-electron chi connectivity index (χ4n) is 1.30. The summed E-state index contributed by atoms with van der Waals surface area (Å²) in [6, 6.07) is 9.38. The zero-order chi connectivity index (χ0) is 13.7. The molecule has 0 spiro atoms. The van der Waals surface area contributed by atoms with Crippen LogP contribution in [0.5, 0.6) is 0 Å². The first-order valence-electron chi connectivity index (χ1n) is 5.25. The van der Waals surface area contributed by atoms with Crippen LogP contribution >= 0.6 is 27.3 Å². The Kier molecular flexibility index (Phi) is 4.64. The number of thiazole rings is 1. The molecule has 1 aromatic heterocycles. The summed E-state index contributed by atoms with van der Waals surface area (Å²) in [4.78, 5) is 20.2. The molecule has 0 amide bonds. The molecule has 98 valence electrons. The van der Waals surface area contributed by atoms with Gasteiger partial charge >= 0.3 is 5.97 Å². The van der Waals surface area contributed by atoms with E-state index in [2.05, 4.69) is 26.1 Å². The van der Waals surface area contributed by atoms with Crippen molar-refractivity contribution < 1.29 is 14.7 Å². The van der Waals surface area contributed by atoms with E-state index in [1.54, 1.807) is 5.38 Å². The highest BCUT2D eigenvalue weighted by Gasteiger charge is 2.16. The summed E-state index contributed by atoms with van der Waals surface area (Å²) in [5, 5.41) is 14.3. The average molecular weight is 341 g/mol. The van der Waals surface area contributed by atoms with Crippen molar-refractivity contribution >= 4 is 38.9 Å². The Labute approximate surface area is 121 Å². The number of carbonyl (C=O) groups is 1. The Morgan fingerprint density at radius 1 is 1.42 bits per heavy atom. The molecule has 0 fully saturated rings. The fraction of sp³-hybridized carbons (Fsp3) is 0.0833. The fourth-order valence-corrected chi connectivity index (χ4v) is 2.30. The molecule has 1 heterocycles. The molecule has 0 saturated carbocycles. The average Bonchev–Trinajstić information content (AvgIpc) is 2.82. The molecule has 2 aromatic rings. The van der Waals surface area contributed by atoms with Gasteiger partial charge in [-0.05, 0) is 21.5 Å². The Hall–Kier alpha value is -1.73. The third-order valence-electron chi connectivity index (χ3n) is 2.15. The summed E-state index contributed by atoms with van der Waals surface area (Å²) in [7, 11) is 0. The first-order valence-corrected chi connectivity index (χ1v) is 6.92. The molecule has 0 bridgehead atoms. The number of hydrogen-bond acceptors (Lipinski definition) is 5. The number of aliphatic carboxylic acids is 1. The van der Waals surface area contributed by atoms with E-state index in [4.69, 9.17) is 9.94 Å². The second-order valence-electron chi connectivity index (χ2n) is 3.49. The smallest absolute Gasteiger partial charge is 0.360 e. The van der Waals surface area contributed by atoms with Gasteiger partial charge in [-0.2, -0.15) is 0 Å². The first-order chi connectivity index (χ1) is 9.16. The maximum atomic E-state index is 11.1. The number of halogens is 1. The number of nitrogens with zero attached hydrogens (tertiary/aromatic N) is 2. The number of hydrogen-bond donors (Lipinski definition) is 1. The van der Waals surface area contributed by atoms with Crippen LogP contribution in [0.2, 0.25) is 0 Å². The molecule has 1 N–H and O–H groups in total. The molecule has 7 heteroatoms. The largest absolute Gasteiger partial charge is 0.476 e. The molecule has 0 radical (unpaired) electrons. The normalized spacial score (nSPS) is 11.3. The second kappa shape index (κ2) is 6.44. The molecule has 0 unspecified atom stereocenters. The van der Waals surface area contributed by atoms with E-state index in [0.717, 1.165) is 5.56 Å². The van der Waals surface area contributed by atoms with Crippen molar-refractivity contribution in [2.24, 2.45) is 5.16 Å². The number of carboxylic acid groups (broad SMARTS) is 1. The SMILES string of the molecule is O=C(O)/C(=N\OCc1ccccc1)c1csc(Br)n1. The molecular formula is C12H9BrN2O3S. The maximum Gasteiger partial charge on any atom is 0.360 e. The highest BCUT2D eigenvalue weighted by atomic mass is 79.9. The Bertz CT molecular complexity index is 598. The van der Waals surface area contributed by atoms with Gasteiger partial charge in [0.05, 0.1) is 0 Å². The van der Waals surface area contributed by atoms with Crippen molar-refractivity contribution in [2.75, 3.05) is 0 Å². The highest BCUT2D eigenvalue weighted by molar-refractivity contribution is 9.11.